The fourth-order valence-corrected chi connectivity index (χ4v) is 3.80. The second-order valence-corrected chi connectivity index (χ2v) is 5.65. The molecule has 3 nitrogen and oxygen atoms in total. The first-order valence-electron chi connectivity index (χ1n) is 6.18. The Kier molecular flexibility index (Phi) is 1.65. The minimum atomic E-state index is 0.371. The highest BCUT2D eigenvalue weighted by Crippen LogP contribution is 2.60. The van der Waals surface area contributed by atoms with Crippen molar-refractivity contribution < 1.29 is 14.2 Å². The van der Waals surface area contributed by atoms with Crippen LogP contribution in [0.5, 0.6) is 0 Å². The van der Waals surface area contributed by atoms with Gasteiger partial charge in [-0.1, -0.05) is 6.92 Å². The standard InChI is InChI=1S/C12H18O3/c1-5-7-3-8(10(5)12-11(7)15-12)13-4-9-6(2)14-9/h5-12H,3-4H2,1-2H3/t5-,6+,7?,8?,9?,10?,11?,12?/m1/s1. The van der Waals surface area contributed by atoms with E-state index in [0.717, 1.165) is 18.4 Å². The zero-order valence-electron chi connectivity index (χ0n) is 9.26. The number of hydrogen-bond acceptors (Lipinski definition) is 3. The molecule has 2 aliphatic heterocycles. The lowest BCUT2D eigenvalue weighted by Crippen LogP contribution is -2.28. The Balaban J connectivity index is 1.38. The summed E-state index contributed by atoms with van der Waals surface area (Å²) in [5, 5.41) is 0. The van der Waals surface area contributed by atoms with Crippen molar-refractivity contribution >= 4 is 0 Å². The van der Waals surface area contributed by atoms with Gasteiger partial charge in [0.25, 0.3) is 0 Å². The highest BCUT2D eigenvalue weighted by Gasteiger charge is 2.67. The fraction of sp³-hybridized carbons (Fsp3) is 1.00. The predicted molar refractivity (Wildman–Crippen MR) is 53.5 cm³/mol. The van der Waals surface area contributed by atoms with Gasteiger partial charge in [-0.2, -0.15) is 0 Å². The van der Waals surface area contributed by atoms with Gasteiger partial charge in [-0.3, -0.25) is 0 Å². The Morgan fingerprint density at radius 2 is 2.00 bits per heavy atom. The Hall–Kier alpha value is -0.120. The third kappa shape index (κ3) is 1.17. The van der Waals surface area contributed by atoms with Gasteiger partial charge in [-0.05, 0) is 25.2 Å². The third-order valence-electron chi connectivity index (χ3n) is 4.89. The van der Waals surface area contributed by atoms with Crippen molar-refractivity contribution in [2.24, 2.45) is 17.8 Å². The van der Waals surface area contributed by atoms with Crippen LogP contribution in [0.25, 0.3) is 0 Å². The minimum Gasteiger partial charge on any atom is -0.375 e. The SMILES string of the molecule is C[C@@H]1C2CC(OCC3O[C@H]3C)C1C1OC12. The van der Waals surface area contributed by atoms with Crippen molar-refractivity contribution in [1.82, 2.24) is 0 Å². The summed E-state index contributed by atoms with van der Waals surface area (Å²) in [6, 6.07) is 0. The van der Waals surface area contributed by atoms with Crippen LogP contribution < -0.4 is 0 Å². The van der Waals surface area contributed by atoms with E-state index in [1.165, 1.54) is 6.42 Å². The van der Waals surface area contributed by atoms with Crippen molar-refractivity contribution in [1.29, 1.82) is 0 Å². The summed E-state index contributed by atoms with van der Waals surface area (Å²) in [6.07, 6.45) is 3.60. The molecule has 2 bridgehead atoms. The van der Waals surface area contributed by atoms with Crippen molar-refractivity contribution in [2.45, 2.75) is 50.8 Å². The summed E-state index contributed by atoms with van der Waals surface area (Å²) >= 11 is 0. The van der Waals surface area contributed by atoms with Crippen LogP contribution in [-0.4, -0.2) is 37.1 Å². The molecular weight excluding hydrogens is 192 g/mol. The average molecular weight is 210 g/mol. The van der Waals surface area contributed by atoms with Gasteiger partial charge in [0, 0.05) is 5.92 Å². The molecule has 0 amide bonds. The van der Waals surface area contributed by atoms with Crippen LogP contribution in [0.2, 0.25) is 0 Å². The van der Waals surface area contributed by atoms with Gasteiger partial charge in [-0.25, -0.2) is 0 Å². The largest absolute Gasteiger partial charge is 0.375 e. The van der Waals surface area contributed by atoms with Crippen LogP contribution in [-0.2, 0) is 14.2 Å². The molecule has 3 heteroatoms. The normalized spacial score (nSPS) is 64.4. The molecule has 2 heterocycles. The molecular formula is C12H18O3. The minimum absolute atomic E-state index is 0.371. The quantitative estimate of drug-likeness (QED) is 0.657. The molecule has 4 rings (SSSR count). The maximum Gasteiger partial charge on any atom is 0.107 e. The van der Waals surface area contributed by atoms with E-state index in [1.54, 1.807) is 0 Å². The molecule has 0 aromatic carbocycles. The van der Waals surface area contributed by atoms with E-state index in [2.05, 4.69) is 13.8 Å². The molecule has 8 atom stereocenters. The summed E-state index contributed by atoms with van der Waals surface area (Å²) in [4.78, 5) is 0. The molecule has 0 radical (unpaired) electrons. The summed E-state index contributed by atoms with van der Waals surface area (Å²) in [5.41, 5.74) is 0. The summed E-state index contributed by atoms with van der Waals surface area (Å²) in [7, 11) is 0. The predicted octanol–water partition coefficient (Wildman–Crippen LogP) is 1.21. The highest BCUT2D eigenvalue weighted by molar-refractivity contribution is 5.14. The second kappa shape index (κ2) is 2.76. The Labute approximate surface area is 90.1 Å². The van der Waals surface area contributed by atoms with Crippen molar-refractivity contribution in [3.63, 3.8) is 0 Å². The van der Waals surface area contributed by atoms with Crippen molar-refractivity contribution in [3.8, 4) is 0 Å². The number of epoxide rings is 2. The van der Waals surface area contributed by atoms with E-state index < -0.39 is 0 Å². The van der Waals surface area contributed by atoms with Gasteiger partial charge >= 0.3 is 0 Å². The lowest BCUT2D eigenvalue weighted by atomic mass is 9.97. The summed E-state index contributed by atoms with van der Waals surface area (Å²) in [5.74, 6) is 2.27. The molecule has 2 saturated heterocycles. The maximum atomic E-state index is 5.99. The third-order valence-corrected chi connectivity index (χ3v) is 4.89. The molecule has 15 heavy (non-hydrogen) atoms. The van der Waals surface area contributed by atoms with E-state index >= 15 is 0 Å². The van der Waals surface area contributed by atoms with E-state index in [-0.39, 0.29) is 0 Å². The van der Waals surface area contributed by atoms with Crippen molar-refractivity contribution in [2.75, 3.05) is 6.61 Å². The van der Waals surface area contributed by atoms with Gasteiger partial charge < -0.3 is 14.2 Å². The summed E-state index contributed by atoms with van der Waals surface area (Å²) in [6.45, 7) is 5.26. The first kappa shape index (κ1) is 8.97. The maximum absolute atomic E-state index is 5.99. The first-order valence-corrected chi connectivity index (χ1v) is 6.18. The Bertz CT molecular complexity index is 293. The molecule has 6 unspecified atom stereocenters. The van der Waals surface area contributed by atoms with Crippen LogP contribution in [0.4, 0.5) is 0 Å². The monoisotopic (exact) mass is 210 g/mol. The van der Waals surface area contributed by atoms with Gasteiger partial charge in [0.2, 0.25) is 0 Å². The van der Waals surface area contributed by atoms with Gasteiger partial charge in [0.1, 0.15) is 6.10 Å². The zero-order chi connectivity index (χ0) is 10.2. The number of fused-ring (bicyclic) bond motifs is 5. The van der Waals surface area contributed by atoms with Crippen LogP contribution in [0, 0.1) is 17.8 Å². The molecule has 0 aromatic heterocycles. The number of rotatable bonds is 3. The lowest BCUT2D eigenvalue weighted by Gasteiger charge is -2.20. The van der Waals surface area contributed by atoms with Gasteiger partial charge in [0.05, 0.1) is 31.0 Å². The molecule has 84 valence electrons. The fourth-order valence-electron chi connectivity index (χ4n) is 3.80. The van der Waals surface area contributed by atoms with Gasteiger partial charge in [0.15, 0.2) is 0 Å². The lowest BCUT2D eigenvalue weighted by molar-refractivity contribution is 0.00455. The Morgan fingerprint density at radius 1 is 1.20 bits per heavy atom. The molecule has 4 aliphatic rings. The van der Waals surface area contributed by atoms with E-state index in [9.17, 15) is 0 Å². The molecule has 2 aliphatic carbocycles. The van der Waals surface area contributed by atoms with E-state index in [0.29, 0.717) is 36.4 Å². The first-order chi connectivity index (χ1) is 7.25. The molecule has 4 fully saturated rings. The smallest absolute Gasteiger partial charge is 0.107 e. The highest BCUT2D eigenvalue weighted by atomic mass is 16.6. The Morgan fingerprint density at radius 3 is 2.60 bits per heavy atom. The van der Waals surface area contributed by atoms with Crippen LogP contribution in [0.3, 0.4) is 0 Å². The molecule has 0 spiro atoms. The second-order valence-electron chi connectivity index (χ2n) is 5.65. The van der Waals surface area contributed by atoms with Gasteiger partial charge in [-0.15, -0.1) is 0 Å². The molecule has 0 N–H and O–H groups in total. The van der Waals surface area contributed by atoms with Crippen molar-refractivity contribution in [3.05, 3.63) is 0 Å². The molecule has 2 saturated carbocycles. The summed E-state index contributed by atoms with van der Waals surface area (Å²) < 4.78 is 17.0. The van der Waals surface area contributed by atoms with E-state index in [1.807, 2.05) is 0 Å². The van der Waals surface area contributed by atoms with Crippen LogP contribution in [0.15, 0.2) is 0 Å². The van der Waals surface area contributed by atoms with Crippen LogP contribution >= 0.6 is 0 Å². The van der Waals surface area contributed by atoms with E-state index in [4.69, 9.17) is 14.2 Å². The number of hydrogen-bond donors (Lipinski definition) is 0. The number of ether oxygens (including phenoxy) is 3. The zero-order valence-corrected chi connectivity index (χ0v) is 9.26. The average Bonchev–Trinajstić information content (AvgIpc) is 3.08. The topological polar surface area (TPSA) is 34.3 Å². The molecule has 0 aromatic rings. The van der Waals surface area contributed by atoms with Crippen LogP contribution in [0.1, 0.15) is 20.3 Å².